The molecule has 0 amide bonds. The van der Waals surface area contributed by atoms with Gasteiger partial charge in [0.05, 0.1) is 5.67 Å². The van der Waals surface area contributed by atoms with E-state index in [0.29, 0.717) is 12.8 Å². The molecule has 0 saturated carbocycles. The molecule has 0 saturated heterocycles. The number of aliphatic hydroxyl groups excluding tert-OH is 1. The van der Waals surface area contributed by atoms with E-state index in [1.807, 2.05) is 0 Å². The van der Waals surface area contributed by atoms with Crippen LogP contribution in [0.15, 0.2) is 12.2 Å². The van der Waals surface area contributed by atoms with Crippen molar-refractivity contribution in [2.45, 2.75) is 25.4 Å². The molecule has 0 heterocycles. The third-order valence-electron chi connectivity index (χ3n) is 1.43. The number of carbonyl (C=O) groups excluding carboxylic acids is 1. The van der Waals surface area contributed by atoms with Gasteiger partial charge in [-0.25, -0.2) is 0 Å². The molecule has 1 unspecified atom stereocenters. The molecule has 0 aromatic carbocycles. The van der Waals surface area contributed by atoms with Gasteiger partial charge in [-0.15, -0.1) is 0 Å². The van der Waals surface area contributed by atoms with E-state index in [4.69, 9.17) is 5.11 Å². The summed E-state index contributed by atoms with van der Waals surface area (Å²) >= 11 is 0. The van der Waals surface area contributed by atoms with E-state index in [1.54, 1.807) is 12.2 Å². The Bertz CT molecular complexity index is 194. The summed E-state index contributed by atoms with van der Waals surface area (Å²) in [6, 6.07) is 0. The zero-order valence-electron chi connectivity index (χ0n) is 8.33. The Balaban J connectivity index is 3.54. The van der Waals surface area contributed by atoms with Crippen LogP contribution in [0.1, 0.15) is 19.8 Å². The monoisotopic (exact) mass is 203 g/mol. The second kappa shape index (κ2) is 6.54. The van der Waals surface area contributed by atoms with Crippen LogP contribution in [-0.4, -0.2) is 30.0 Å². The topological polar surface area (TPSA) is 46.5 Å². The third-order valence-corrected chi connectivity index (χ3v) is 1.43. The van der Waals surface area contributed by atoms with Gasteiger partial charge in [0.2, 0.25) is 0 Å². The SMILES string of the molecule is [CH2-]C(C)(F)C(=O)OC/C=C/CCCO. The maximum atomic E-state index is 12.8. The van der Waals surface area contributed by atoms with Crippen LogP contribution >= 0.6 is 0 Å². The molecule has 0 rings (SSSR count). The lowest BCUT2D eigenvalue weighted by atomic mass is 10.2. The lowest BCUT2D eigenvalue weighted by Crippen LogP contribution is -2.28. The minimum absolute atomic E-state index is 0.0410. The van der Waals surface area contributed by atoms with Gasteiger partial charge in [0, 0.05) is 6.61 Å². The Labute approximate surface area is 83.6 Å². The van der Waals surface area contributed by atoms with Crippen molar-refractivity contribution in [1.82, 2.24) is 0 Å². The fraction of sp³-hybridized carbons (Fsp3) is 0.600. The van der Waals surface area contributed by atoms with Crippen molar-refractivity contribution in [1.29, 1.82) is 0 Å². The van der Waals surface area contributed by atoms with Gasteiger partial charge in [0.15, 0.2) is 0 Å². The first-order valence-electron chi connectivity index (χ1n) is 4.46. The van der Waals surface area contributed by atoms with Crippen molar-refractivity contribution in [3.63, 3.8) is 0 Å². The smallest absolute Gasteiger partial charge is 0.311 e. The van der Waals surface area contributed by atoms with Crippen molar-refractivity contribution in [3.05, 3.63) is 19.1 Å². The molecule has 1 N–H and O–H groups in total. The molecule has 3 nitrogen and oxygen atoms in total. The zero-order chi connectivity index (χ0) is 11.0. The van der Waals surface area contributed by atoms with Gasteiger partial charge in [-0.05, 0) is 19.8 Å². The number of esters is 1. The fourth-order valence-corrected chi connectivity index (χ4v) is 0.669. The number of alkyl halides is 1. The summed E-state index contributed by atoms with van der Waals surface area (Å²) in [5, 5.41) is 8.44. The summed E-state index contributed by atoms with van der Waals surface area (Å²) < 4.78 is 17.3. The molecule has 0 aromatic rings. The number of hydrogen-bond donors (Lipinski definition) is 1. The van der Waals surface area contributed by atoms with E-state index in [9.17, 15) is 9.18 Å². The van der Waals surface area contributed by atoms with Gasteiger partial charge >= 0.3 is 5.97 Å². The predicted molar refractivity (Wildman–Crippen MR) is 51.3 cm³/mol. The van der Waals surface area contributed by atoms with Crippen molar-refractivity contribution >= 4 is 5.97 Å². The van der Waals surface area contributed by atoms with E-state index >= 15 is 0 Å². The Hall–Kier alpha value is -0.900. The maximum absolute atomic E-state index is 12.8. The summed E-state index contributed by atoms with van der Waals surface area (Å²) in [5.74, 6) is -0.968. The number of halogens is 1. The first kappa shape index (κ1) is 13.1. The van der Waals surface area contributed by atoms with Crippen LogP contribution in [0.25, 0.3) is 0 Å². The molecule has 0 aliphatic carbocycles. The second-order valence-corrected chi connectivity index (χ2v) is 3.13. The van der Waals surface area contributed by atoms with Gasteiger partial charge in [-0.1, -0.05) is 12.2 Å². The van der Waals surface area contributed by atoms with Gasteiger partial charge in [0.1, 0.15) is 6.61 Å². The summed E-state index contributed by atoms with van der Waals surface area (Å²) in [6.07, 6.45) is 4.76. The summed E-state index contributed by atoms with van der Waals surface area (Å²) in [7, 11) is 0. The lowest BCUT2D eigenvalue weighted by Gasteiger charge is -2.18. The van der Waals surface area contributed by atoms with Gasteiger partial charge < -0.3 is 9.84 Å². The summed E-state index contributed by atoms with van der Waals surface area (Å²) in [6.45, 7) is 4.22. The van der Waals surface area contributed by atoms with Gasteiger partial charge in [-0.2, -0.15) is 0 Å². The largest absolute Gasteiger partial charge is 0.461 e. The molecular weight excluding hydrogens is 187 g/mol. The van der Waals surface area contributed by atoms with Crippen molar-refractivity contribution < 1.29 is 19.0 Å². The highest BCUT2D eigenvalue weighted by Crippen LogP contribution is 2.09. The average molecular weight is 203 g/mol. The van der Waals surface area contributed by atoms with Crippen molar-refractivity contribution in [2.75, 3.05) is 13.2 Å². The first-order valence-corrected chi connectivity index (χ1v) is 4.46. The van der Waals surface area contributed by atoms with Crippen LogP contribution in [0.5, 0.6) is 0 Å². The van der Waals surface area contributed by atoms with E-state index in [-0.39, 0.29) is 13.2 Å². The Kier molecular flexibility index (Phi) is 6.12. The van der Waals surface area contributed by atoms with Crippen molar-refractivity contribution in [3.8, 4) is 0 Å². The molecular formula is C10H16FO3-. The zero-order valence-corrected chi connectivity index (χ0v) is 8.33. The molecule has 0 spiro atoms. The van der Waals surface area contributed by atoms with Gasteiger partial charge in [0.25, 0.3) is 0 Å². The number of ether oxygens (including phenoxy) is 1. The number of unbranched alkanes of at least 4 members (excludes halogenated alkanes) is 1. The van der Waals surface area contributed by atoms with Crippen LogP contribution in [-0.2, 0) is 9.53 Å². The molecule has 0 fully saturated rings. The highest BCUT2D eigenvalue weighted by molar-refractivity contribution is 5.79. The molecule has 0 aromatic heterocycles. The summed E-state index contributed by atoms with van der Waals surface area (Å²) in [4.78, 5) is 10.8. The number of allylic oxidation sites excluding steroid dienone is 1. The lowest BCUT2D eigenvalue weighted by molar-refractivity contribution is -0.152. The van der Waals surface area contributed by atoms with Crippen LogP contribution in [0.3, 0.4) is 0 Å². The number of hydrogen-bond acceptors (Lipinski definition) is 3. The van der Waals surface area contributed by atoms with E-state index in [1.165, 1.54) is 0 Å². The van der Waals surface area contributed by atoms with Crippen LogP contribution in [0.4, 0.5) is 4.39 Å². The highest BCUT2D eigenvalue weighted by Gasteiger charge is 2.19. The van der Waals surface area contributed by atoms with E-state index in [0.717, 1.165) is 6.92 Å². The number of rotatable bonds is 6. The number of aliphatic hydroxyl groups is 1. The first-order chi connectivity index (χ1) is 6.48. The van der Waals surface area contributed by atoms with Gasteiger partial charge in [-0.3, -0.25) is 16.1 Å². The summed E-state index contributed by atoms with van der Waals surface area (Å²) in [5.41, 5.74) is -2.18. The molecule has 4 heteroatoms. The molecule has 14 heavy (non-hydrogen) atoms. The van der Waals surface area contributed by atoms with Crippen molar-refractivity contribution in [2.24, 2.45) is 0 Å². The molecule has 0 radical (unpaired) electrons. The quantitative estimate of drug-likeness (QED) is 0.307. The predicted octanol–water partition coefficient (Wildman–Crippen LogP) is 1.42. The van der Waals surface area contributed by atoms with E-state index in [2.05, 4.69) is 11.7 Å². The minimum Gasteiger partial charge on any atom is -0.461 e. The molecule has 0 aliphatic rings. The second-order valence-electron chi connectivity index (χ2n) is 3.13. The molecule has 0 bridgehead atoms. The fourth-order valence-electron chi connectivity index (χ4n) is 0.669. The maximum Gasteiger partial charge on any atom is 0.311 e. The van der Waals surface area contributed by atoms with Crippen LogP contribution in [0.2, 0.25) is 0 Å². The standard InChI is InChI=1S/C10H16FO3/c1-10(2,11)9(13)14-8-6-4-3-5-7-12/h4,6,12H,1,3,5,7-8H2,2H3/q-1/b6-4+. The Morgan fingerprint density at radius 3 is 2.79 bits per heavy atom. The highest BCUT2D eigenvalue weighted by atomic mass is 19.1. The third kappa shape index (κ3) is 6.60. The molecule has 82 valence electrons. The Morgan fingerprint density at radius 1 is 1.64 bits per heavy atom. The van der Waals surface area contributed by atoms with E-state index < -0.39 is 11.6 Å². The van der Waals surface area contributed by atoms with Crippen LogP contribution < -0.4 is 0 Å². The minimum atomic E-state index is -2.18. The number of carbonyl (C=O) groups is 1. The van der Waals surface area contributed by atoms with Crippen LogP contribution in [0, 0.1) is 6.92 Å². The Morgan fingerprint density at radius 2 is 2.29 bits per heavy atom. The average Bonchev–Trinajstić information content (AvgIpc) is 2.09. The molecule has 0 aliphatic heterocycles. The molecule has 1 atom stereocenters. The normalized spacial score (nSPS) is 15.4.